The van der Waals surface area contributed by atoms with E-state index in [0.29, 0.717) is 0 Å². The molecule has 1 aromatic carbocycles. The maximum absolute atomic E-state index is 5.70. The van der Waals surface area contributed by atoms with Crippen LogP contribution in [-0.4, -0.2) is 18.5 Å². The molecule has 0 aliphatic heterocycles. The fourth-order valence-electron chi connectivity index (χ4n) is 1.52. The Labute approximate surface area is 86.0 Å². The van der Waals surface area contributed by atoms with Crippen molar-refractivity contribution in [1.29, 1.82) is 0 Å². The third kappa shape index (κ3) is 3.62. The largest absolute Gasteiger partial charge is 0.399 e. The van der Waals surface area contributed by atoms with Gasteiger partial charge >= 0.3 is 0 Å². The summed E-state index contributed by atoms with van der Waals surface area (Å²) in [5.74, 6) is 0. The van der Waals surface area contributed by atoms with Crippen LogP contribution in [-0.2, 0) is 6.54 Å². The lowest BCUT2D eigenvalue weighted by Gasteiger charge is -2.16. The Morgan fingerprint density at radius 2 is 2.21 bits per heavy atom. The van der Waals surface area contributed by atoms with Gasteiger partial charge in [0.15, 0.2) is 0 Å². The lowest BCUT2D eigenvalue weighted by atomic mass is 10.2. The Morgan fingerprint density at radius 1 is 1.50 bits per heavy atom. The molecule has 0 bridgehead atoms. The van der Waals surface area contributed by atoms with Crippen LogP contribution in [0.5, 0.6) is 0 Å². The SMILES string of the molecule is C=C(C)CN(C)Cc1cccc(N)c1. The summed E-state index contributed by atoms with van der Waals surface area (Å²) >= 11 is 0. The summed E-state index contributed by atoms with van der Waals surface area (Å²) in [6.45, 7) is 7.77. The van der Waals surface area contributed by atoms with E-state index >= 15 is 0 Å². The van der Waals surface area contributed by atoms with E-state index in [1.165, 1.54) is 11.1 Å². The van der Waals surface area contributed by atoms with E-state index in [0.717, 1.165) is 18.8 Å². The molecule has 0 aliphatic carbocycles. The zero-order valence-electron chi connectivity index (χ0n) is 8.96. The first-order valence-electron chi connectivity index (χ1n) is 4.75. The first-order chi connectivity index (χ1) is 6.58. The monoisotopic (exact) mass is 190 g/mol. The zero-order valence-corrected chi connectivity index (χ0v) is 8.96. The molecule has 0 saturated heterocycles. The van der Waals surface area contributed by atoms with Gasteiger partial charge in [0.05, 0.1) is 0 Å². The molecule has 0 aliphatic rings. The van der Waals surface area contributed by atoms with Crippen LogP contribution in [0.2, 0.25) is 0 Å². The third-order valence-electron chi connectivity index (χ3n) is 1.94. The molecule has 0 amide bonds. The van der Waals surface area contributed by atoms with Gasteiger partial charge in [0.2, 0.25) is 0 Å². The molecular formula is C12H18N2. The van der Waals surface area contributed by atoms with Crippen LogP contribution >= 0.6 is 0 Å². The van der Waals surface area contributed by atoms with Crippen molar-refractivity contribution >= 4 is 5.69 Å². The third-order valence-corrected chi connectivity index (χ3v) is 1.94. The van der Waals surface area contributed by atoms with E-state index in [2.05, 4.69) is 24.6 Å². The van der Waals surface area contributed by atoms with Gasteiger partial charge < -0.3 is 5.73 Å². The average molecular weight is 190 g/mol. The van der Waals surface area contributed by atoms with Gasteiger partial charge in [-0.25, -0.2) is 0 Å². The van der Waals surface area contributed by atoms with Gasteiger partial charge in [-0.3, -0.25) is 4.90 Å². The number of nitrogens with two attached hydrogens (primary N) is 1. The predicted octanol–water partition coefficient (Wildman–Crippen LogP) is 2.28. The number of rotatable bonds is 4. The number of benzene rings is 1. The highest BCUT2D eigenvalue weighted by Gasteiger charge is 2.00. The van der Waals surface area contributed by atoms with E-state index in [1.54, 1.807) is 0 Å². The first kappa shape index (κ1) is 10.8. The summed E-state index contributed by atoms with van der Waals surface area (Å²) < 4.78 is 0. The first-order valence-corrected chi connectivity index (χ1v) is 4.75. The van der Waals surface area contributed by atoms with Crippen LogP contribution in [0, 0.1) is 0 Å². The lowest BCUT2D eigenvalue weighted by Crippen LogP contribution is -2.19. The second-order valence-electron chi connectivity index (χ2n) is 3.87. The minimum atomic E-state index is 0.825. The molecule has 0 aromatic heterocycles. The smallest absolute Gasteiger partial charge is 0.0317 e. The van der Waals surface area contributed by atoms with Crippen molar-refractivity contribution in [3.63, 3.8) is 0 Å². The molecule has 0 unspecified atom stereocenters. The summed E-state index contributed by atoms with van der Waals surface area (Å²) in [7, 11) is 2.08. The topological polar surface area (TPSA) is 29.3 Å². The molecule has 0 fully saturated rings. The minimum Gasteiger partial charge on any atom is -0.399 e. The average Bonchev–Trinajstić information content (AvgIpc) is 2.01. The molecule has 2 heteroatoms. The highest BCUT2D eigenvalue weighted by molar-refractivity contribution is 5.40. The number of nitrogen functional groups attached to an aromatic ring is 1. The fraction of sp³-hybridized carbons (Fsp3) is 0.333. The quantitative estimate of drug-likeness (QED) is 0.583. The van der Waals surface area contributed by atoms with E-state index in [-0.39, 0.29) is 0 Å². The van der Waals surface area contributed by atoms with Crippen molar-refractivity contribution in [2.24, 2.45) is 0 Å². The minimum absolute atomic E-state index is 0.825. The van der Waals surface area contributed by atoms with Gasteiger partial charge in [0.25, 0.3) is 0 Å². The molecule has 76 valence electrons. The van der Waals surface area contributed by atoms with Crippen LogP contribution in [0.4, 0.5) is 5.69 Å². The summed E-state index contributed by atoms with van der Waals surface area (Å²) in [5, 5.41) is 0. The summed E-state index contributed by atoms with van der Waals surface area (Å²) in [6, 6.07) is 7.99. The maximum Gasteiger partial charge on any atom is 0.0317 e. The van der Waals surface area contributed by atoms with Gasteiger partial charge in [-0.2, -0.15) is 0 Å². The summed E-state index contributed by atoms with van der Waals surface area (Å²) in [5.41, 5.74) is 8.95. The number of likely N-dealkylation sites (N-methyl/N-ethyl adjacent to an activating group) is 1. The molecule has 14 heavy (non-hydrogen) atoms. The zero-order chi connectivity index (χ0) is 10.6. The van der Waals surface area contributed by atoms with Gasteiger partial charge in [0, 0.05) is 18.8 Å². The van der Waals surface area contributed by atoms with Crippen molar-refractivity contribution in [2.75, 3.05) is 19.3 Å². The fourth-order valence-corrected chi connectivity index (χ4v) is 1.52. The van der Waals surface area contributed by atoms with E-state index in [1.807, 2.05) is 25.1 Å². The highest BCUT2D eigenvalue weighted by atomic mass is 15.1. The van der Waals surface area contributed by atoms with E-state index in [9.17, 15) is 0 Å². The Bertz CT molecular complexity index is 318. The van der Waals surface area contributed by atoms with Crippen LogP contribution in [0.15, 0.2) is 36.4 Å². The number of hydrogen-bond acceptors (Lipinski definition) is 2. The molecule has 1 aromatic rings. The molecule has 2 N–H and O–H groups in total. The maximum atomic E-state index is 5.70. The normalized spacial score (nSPS) is 10.5. The van der Waals surface area contributed by atoms with Crippen LogP contribution in [0.25, 0.3) is 0 Å². The van der Waals surface area contributed by atoms with Crippen LogP contribution in [0.3, 0.4) is 0 Å². The molecule has 0 radical (unpaired) electrons. The second kappa shape index (κ2) is 4.82. The van der Waals surface area contributed by atoms with Gasteiger partial charge in [-0.1, -0.05) is 24.3 Å². The van der Waals surface area contributed by atoms with Crippen molar-refractivity contribution in [1.82, 2.24) is 4.90 Å². The molecule has 0 saturated carbocycles. The number of anilines is 1. The van der Waals surface area contributed by atoms with E-state index in [4.69, 9.17) is 5.73 Å². The summed E-state index contributed by atoms with van der Waals surface area (Å²) in [4.78, 5) is 2.22. The van der Waals surface area contributed by atoms with Crippen molar-refractivity contribution in [3.05, 3.63) is 42.0 Å². The van der Waals surface area contributed by atoms with Crippen LogP contribution in [0.1, 0.15) is 12.5 Å². The molecular weight excluding hydrogens is 172 g/mol. The number of hydrogen-bond donors (Lipinski definition) is 1. The molecule has 2 nitrogen and oxygen atoms in total. The van der Waals surface area contributed by atoms with Crippen LogP contribution < -0.4 is 5.73 Å². The number of nitrogens with zero attached hydrogens (tertiary/aromatic N) is 1. The second-order valence-corrected chi connectivity index (χ2v) is 3.87. The molecule has 1 rings (SSSR count). The molecule has 0 spiro atoms. The molecule has 0 atom stereocenters. The molecule has 0 heterocycles. The Kier molecular flexibility index (Phi) is 3.72. The Balaban J connectivity index is 2.55. The summed E-state index contributed by atoms with van der Waals surface area (Å²) in [6.07, 6.45) is 0. The van der Waals surface area contributed by atoms with Crippen molar-refractivity contribution in [3.8, 4) is 0 Å². The van der Waals surface area contributed by atoms with Gasteiger partial charge in [0.1, 0.15) is 0 Å². The predicted molar refractivity (Wildman–Crippen MR) is 62.0 cm³/mol. The van der Waals surface area contributed by atoms with Crippen molar-refractivity contribution in [2.45, 2.75) is 13.5 Å². The van der Waals surface area contributed by atoms with Crippen molar-refractivity contribution < 1.29 is 0 Å². The lowest BCUT2D eigenvalue weighted by molar-refractivity contribution is 0.355. The highest BCUT2D eigenvalue weighted by Crippen LogP contribution is 2.09. The van der Waals surface area contributed by atoms with Gasteiger partial charge in [-0.15, -0.1) is 0 Å². The standard InChI is InChI=1S/C12H18N2/c1-10(2)8-14(3)9-11-5-4-6-12(13)7-11/h4-7H,1,8-9,13H2,2-3H3. The Hall–Kier alpha value is -1.28. The van der Waals surface area contributed by atoms with Gasteiger partial charge in [-0.05, 0) is 31.7 Å². The van der Waals surface area contributed by atoms with E-state index < -0.39 is 0 Å². The Morgan fingerprint density at radius 3 is 2.79 bits per heavy atom.